The largest absolute Gasteiger partial charge is 0.332 e. The van der Waals surface area contributed by atoms with Gasteiger partial charge in [-0.05, 0) is 73.0 Å². The van der Waals surface area contributed by atoms with E-state index in [-0.39, 0.29) is 11.6 Å². The molecule has 0 saturated heterocycles. The Morgan fingerprint density at radius 2 is 1.00 bits per heavy atom. The molecule has 2 aromatic heterocycles. The number of nitrogens with zero attached hydrogens (tertiary/aromatic N) is 4. The molecule has 0 bridgehead atoms. The Labute approximate surface area is 198 Å². The van der Waals surface area contributed by atoms with Gasteiger partial charge in [0.15, 0.2) is 10.2 Å². The predicted octanol–water partition coefficient (Wildman–Crippen LogP) is 4.48. The molecule has 0 aliphatic carbocycles. The quantitative estimate of drug-likeness (QED) is 0.298. The molecule has 0 aliphatic heterocycles. The first-order chi connectivity index (χ1) is 15.9. The van der Waals surface area contributed by atoms with Gasteiger partial charge >= 0.3 is 0 Å². The fourth-order valence-corrected chi connectivity index (χ4v) is 3.28. The minimum Gasteiger partial charge on any atom is -0.332 e. The Morgan fingerprint density at radius 3 is 1.39 bits per heavy atom. The standard InChI is InChI=1S/C21H18F2N8S2/c22-14-1-5-16(6-2-14)26-20(32)28-18-9-24-30(11-18)13-31-12-19(10-25-31)29-21(33)27-17-7-3-15(23)4-8-17/h1-12H,13H2,(H2,26,28,32)(H2,27,29,33). The van der Waals surface area contributed by atoms with Crippen LogP contribution in [-0.4, -0.2) is 29.8 Å². The number of nitrogens with one attached hydrogen (secondary N) is 4. The smallest absolute Gasteiger partial charge is 0.175 e. The van der Waals surface area contributed by atoms with Crippen molar-refractivity contribution in [3.05, 3.63) is 85.0 Å². The molecule has 0 spiro atoms. The van der Waals surface area contributed by atoms with Crippen LogP contribution in [0.15, 0.2) is 73.3 Å². The number of rotatable bonds is 6. The van der Waals surface area contributed by atoms with Crippen LogP contribution in [0, 0.1) is 11.6 Å². The van der Waals surface area contributed by atoms with Gasteiger partial charge in [0.25, 0.3) is 0 Å². The SMILES string of the molecule is Fc1ccc(NC(=S)Nc2cnn(Cn3cc(NC(=S)Nc4ccc(F)cc4)cn3)c2)cc1. The van der Waals surface area contributed by atoms with Crippen molar-refractivity contribution in [2.45, 2.75) is 6.67 Å². The molecule has 12 heteroatoms. The summed E-state index contributed by atoms with van der Waals surface area (Å²) in [5.41, 5.74) is 2.71. The van der Waals surface area contributed by atoms with Crippen molar-refractivity contribution < 1.29 is 8.78 Å². The van der Waals surface area contributed by atoms with Crippen molar-refractivity contribution >= 4 is 57.4 Å². The summed E-state index contributed by atoms with van der Waals surface area (Å²) in [6, 6.07) is 11.8. The molecule has 0 fully saturated rings. The summed E-state index contributed by atoms with van der Waals surface area (Å²) >= 11 is 10.5. The van der Waals surface area contributed by atoms with Gasteiger partial charge < -0.3 is 21.3 Å². The summed E-state index contributed by atoms with van der Waals surface area (Å²) < 4.78 is 29.3. The molecule has 8 nitrogen and oxygen atoms in total. The van der Waals surface area contributed by atoms with Crippen LogP contribution >= 0.6 is 24.4 Å². The first-order valence-electron chi connectivity index (χ1n) is 9.65. The van der Waals surface area contributed by atoms with Gasteiger partial charge in [0.2, 0.25) is 0 Å². The van der Waals surface area contributed by atoms with Gasteiger partial charge in [-0.3, -0.25) is 0 Å². The van der Waals surface area contributed by atoms with Crippen molar-refractivity contribution in [1.29, 1.82) is 0 Å². The van der Waals surface area contributed by atoms with E-state index in [0.29, 0.717) is 39.6 Å². The van der Waals surface area contributed by atoms with Crippen molar-refractivity contribution in [3.8, 4) is 0 Å². The molecule has 0 radical (unpaired) electrons. The fourth-order valence-electron chi connectivity index (χ4n) is 2.81. The van der Waals surface area contributed by atoms with Crippen molar-refractivity contribution in [1.82, 2.24) is 19.6 Å². The topological polar surface area (TPSA) is 83.8 Å². The molecule has 0 atom stereocenters. The summed E-state index contributed by atoms with van der Waals surface area (Å²) in [5.74, 6) is -0.632. The van der Waals surface area contributed by atoms with Crippen molar-refractivity contribution in [2.75, 3.05) is 21.3 Å². The molecular weight excluding hydrogens is 466 g/mol. The Bertz CT molecular complexity index is 1150. The van der Waals surface area contributed by atoms with Crippen LogP contribution in [0.2, 0.25) is 0 Å². The van der Waals surface area contributed by atoms with Crippen LogP contribution < -0.4 is 21.3 Å². The number of benzene rings is 2. The van der Waals surface area contributed by atoms with E-state index >= 15 is 0 Å². The minimum atomic E-state index is -0.316. The molecule has 168 valence electrons. The van der Waals surface area contributed by atoms with Crippen LogP contribution in [0.25, 0.3) is 0 Å². The molecule has 4 rings (SSSR count). The van der Waals surface area contributed by atoms with Crippen LogP contribution in [0.1, 0.15) is 0 Å². The zero-order valence-corrected chi connectivity index (χ0v) is 18.6. The Kier molecular flexibility index (Phi) is 6.86. The Morgan fingerprint density at radius 1 is 0.636 bits per heavy atom. The second-order valence-electron chi connectivity index (χ2n) is 6.85. The summed E-state index contributed by atoms with van der Waals surface area (Å²) in [5, 5.41) is 21.3. The molecule has 0 unspecified atom stereocenters. The highest BCUT2D eigenvalue weighted by Gasteiger charge is 2.06. The van der Waals surface area contributed by atoms with Gasteiger partial charge in [0.05, 0.1) is 36.2 Å². The van der Waals surface area contributed by atoms with Gasteiger partial charge in [-0.25, -0.2) is 18.1 Å². The molecule has 2 aromatic carbocycles. The lowest BCUT2D eigenvalue weighted by Gasteiger charge is -2.09. The highest BCUT2D eigenvalue weighted by molar-refractivity contribution is 7.81. The van der Waals surface area contributed by atoms with Crippen LogP contribution in [0.5, 0.6) is 0 Å². The minimum absolute atomic E-state index is 0.316. The zero-order valence-electron chi connectivity index (χ0n) is 17.0. The van der Waals surface area contributed by atoms with Crippen LogP contribution in [0.3, 0.4) is 0 Å². The highest BCUT2D eigenvalue weighted by Crippen LogP contribution is 2.12. The monoisotopic (exact) mass is 484 g/mol. The third-order valence-electron chi connectivity index (χ3n) is 4.28. The predicted molar refractivity (Wildman–Crippen MR) is 132 cm³/mol. The van der Waals surface area contributed by atoms with E-state index in [0.717, 1.165) is 0 Å². The van der Waals surface area contributed by atoms with E-state index in [9.17, 15) is 8.78 Å². The molecule has 0 aliphatic rings. The van der Waals surface area contributed by atoms with Crippen LogP contribution in [0.4, 0.5) is 31.5 Å². The summed E-state index contributed by atoms with van der Waals surface area (Å²) in [6.07, 6.45) is 6.80. The van der Waals surface area contributed by atoms with Crippen molar-refractivity contribution in [3.63, 3.8) is 0 Å². The van der Waals surface area contributed by atoms with Crippen LogP contribution in [-0.2, 0) is 6.67 Å². The second kappa shape index (κ2) is 10.1. The average Bonchev–Trinajstić information content (AvgIpc) is 3.40. The number of anilines is 4. The Balaban J connectivity index is 1.27. The molecule has 33 heavy (non-hydrogen) atoms. The van der Waals surface area contributed by atoms with Gasteiger partial charge in [0.1, 0.15) is 18.3 Å². The molecule has 0 amide bonds. The average molecular weight is 485 g/mol. The summed E-state index contributed by atoms with van der Waals surface area (Å²) in [4.78, 5) is 0. The number of thiocarbonyl (C=S) groups is 2. The third kappa shape index (κ3) is 6.54. The summed E-state index contributed by atoms with van der Waals surface area (Å²) in [6.45, 7) is 0.361. The first kappa shape index (κ1) is 22.3. The molecule has 4 N–H and O–H groups in total. The lowest BCUT2D eigenvalue weighted by atomic mass is 10.3. The third-order valence-corrected chi connectivity index (χ3v) is 4.68. The maximum Gasteiger partial charge on any atom is 0.175 e. The van der Waals surface area contributed by atoms with E-state index in [1.807, 2.05) is 0 Å². The number of halogens is 2. The van der Waals surface area contributed by atoms with Gasteiger partial charge in [0, 0.05) is 11.4 Å². The number of hydrogen-bond donors (Lipinski definition) is 4. The summed E-state index contributed by atoms with van der Waals surface area (Å²) in [7, 11) is 0. The molecule has 2 heterocycles. The van der Waals surface area contributed by atoms with E-state index in [2.05, 4.69) is 31.5 Å². The lowest BCUT2D eigenvalue weighted by molar-refractivity contribution is 0.503. The van der Waals surface area contributed by atoms with Crippen molar-refractivity contribution in [2.24, 2.45) is 0 Å². The molecule has 0 saturated carbocycles. The number of aromatic nitrogens is 4. The maximum atomic E-state index is 13.0. The number of hydrogen-bond acceptors (Lipinski definition) is 4. The van der Waals surface area contributed by atoms with E-state index in [1.54, 1.807) is 58.4 Å². The zero-order chi connectivity index (χ0) is 23.2. The Hall–Kier alpha value is -3.90. The van der Waals surface area contributed by atoms with E-state index in [1.165, 1.54) is 24.3 Å². The van der Waals surface area contributed by atoms with Gasteiger partial charge in [-0.1, -0.05) is 0 Å². The van der Waals surface area contributed by atoms with E-state index in [4.69, 9.17) is 24.4 Å². The normalized spacial score (nSPS) is 10.5. The molecule has 4 aromatic rings. The fraction of sp³-hybridized carbons (Fsp3) is 0.0476. The maximum absolute atomic E-state index is 13.0. The molecular formula is C21H18F2N8S2. The first-order valence-corrected chi connectivity index (χ1v) is 10.5. The lowest BCUT2D eigenvalue weighted by Crippen LogP contribution is -2.19. The van der Waals surface area contributed by atoms with E-state index < -0.39 is 0 Å². The second-order valence-corrected chi connectivity index (χ2v) is 7.67. The highest BCUT2D eigenvalue weighted by atomic mass is 32.1. The van der Waals surface area contributed by atoms with Gasteiger partial charge in [-0.15, -0.1) is 0 Å². The van der Waals surface area contributed by atoms with Gasteiger partial charge in [-0.2, -0.15) is 10.2 Å².